The van der Waals surface area contributed by atoms with Crippen LogP contribution in [0.5, 0.6) is 0 Å². The molecule has 0 amide bonds. The van der Waals surface area contributed by atoms with Gasteiger partial charge in [-0.05, 0) is 25.5 Å². The van der Waals surface area contributed by atoms with Crippen LogP contribution >= 0.6 is 0 Å². The Balaban J connectivity index is 2.96. The molecular formula is C12H15F3N2O4S. The highest BCUT2D eigenvalue weighted by atomic mass is 32.2. The van der Waals surface area contributed by atoms with Gasteiger partial charge in [-0.2, -0.15) is 13.2 Å². The Morgan fingerprint density at radius 3 is 2.41 bits per heavy atom. The molecule has 10 heteroatoms. The van der Waals surface area contributed by atoms with E-state index in [-0.39, 0.29) is 17.9 Å². The van der Waals surface area contributed by atoms with Crippen LogP contribution < -0.4 is 5.32 Å². The molecule has 0 aliphatic heterocycles. The van der Waals surface area contributed by atoms with Crippen molar-refractivity contribution in [1.82, 2.24) is 0 Å². The molecular weight excluding hydrogens is 325 g/mol. The summed E-state index contributed by atoms with van der Waals surface area (Å²) >= 11 is 0. The number of halogens is 3. The highest BCUT2D eigenvalue weighted by Gasteiger charge is 2.38. The van der Waals surface area contributed by atoms with Gasteiger partial charge in [0.25, 0.3) is 5.69 Å². The molecule has 0 bridgehead atoms. The number of nitrogens with zero attached hydrogens (tertiary/aromatic N) is 1. The monoisotopic (exact) mass is 340 g/mol. The van der Waals surface area contributed by atoms with Gasteiger partial charge in [-0.3, -0.25) is 10.1 Å². The Labute approximate surface area is 125 Å². The quantitative estimate of drug-likeness (QED) is 0.635. The van der Waals surface area contributed by atoms with Gasteiger partial charge >= 0.3 is 6.18 Å². The van der Waals surface area contributed by atoms with Gasteiger partial charge in [0.1, 0.15) is 15.4 Å². The first-order valence-corrected chi connectivity index (χ1v) is 8.26. The van der Waals surface area contributed by atoms with Gasteiger partial charge < -0.3 is 5.32 Å². The summed E-state index contributed by atoms with van der Waals surface area (Å²) in [5.41, 5.74) is -2.33. The first kappa shape index (κ1) is 18.2. The predicted octanol–water partition coefficient (Wildman–Crippen LogP) is 2.85. The molecule has 0 heterocycles. The van der Waals surface area contributed by atoms with Crippen LogP contribution in [0.25, 0.3) is 0 Å². The molecule has 0 aliphatic rings. The molecule has 0 aromatic heterocycles. The van der Waals surface area contributed by atoms with Crippen LogP contribution in [0.2, 0.25) is 0 Å². The second-order valence-corrected chi connectivity index (χ2v) is 7.21. The number of alkyl halides is 3. The van der Waals surface area contributed by atoms with Crippen LogP contribution in [0.4, 0.5) is 24.5 Å². The fourth-order valence-electron chi connectivity index (χ4n) is 1.76. The van der Waals surface area contributed by atoms with Crippen molar-refractivity contribution in [2.75, 3.05) is 17.3 Å². The molecule has 0 saturated heterocycles. The molecule has 22 heavy (non-hydrogen) atoms. The summed E-state index contributed by atoms with van der Waals surface area (Å²) < 4.78 is 60.5. The number of nitro groups is 1. The van der Waals surface area contributed by atoms with Crippen molar-refractivity contribution in [3.05, 3.63) is 33.9 Å². The third-order valence-electron chi connectivity index (χ3n) is 2.83. The Morgan fingerprint density at radius 1 is 1.36 bits per heavy atom. The average molecular weight is 340 g/mol. The molecule has 0 radical (unpaired) electrons. The molecule has 0 saturated carbocycles. The van der Waals surface area contributed by atoms with Crippen molar-refractivity contribution in [2.24, 2.45) is 0 Å². The first-order chi connectivity index (χ1) is 9.90. The molecule has 1 atom stereocenters. The first-order valence-electron chi connectivity index (χ1n) is 6.20. The molecule has 0 spiro atoms. The number of rotatable bonds is 6. The Hall–Kier alpha value is -1.84. The van der Waals surface area contributed by atoms with Gasteiger partial charge in [-0.25, -0.2) is 8.42 Å². The maximum atomic E-state index is 12.8. The van der Waals surface area contributed by atoms with Crippen LogP contribution in [0.3, 0.4) is 0 Å². The third-order valence-corrected chi connectivity index (χ3v) is 3.81. The molecule has 1 rings (SSSR count). The van der Waals surface area contributed by atoms with Gasteiger partial charge in [0, 0.05) is 24.1 Å². The summed E-state index contributed by atoms with van der Waals surface area (Å²) in [6.07, 6.45) is -3.58. The minimum absolute atomic E-state index is 0.0407. The fraction of sp³-hybridized carbons (Fsp3) is 0.500. The SMILES string of the molecule is CC(CCS(C)(=O)=O)Nc1ccc([N+](=O)[O-])c(C(F)(F)F)c1. The van der Waals surface area contributed by atoms with E-state index in [4.69, 9.17) is 0 Å². The zero-order valence-corrected chi connectivity index (χ0v) is 12.7. The van der Waals surface area contributed by atoms with E-state index in [1.165, 1.54) is 0 Å². The summed E-state index contributed by atoms with van der Waals surface area (Å²) in [7, 11) is -3.17. The smallest absolute Gasteiger partial charge is 0.383 e. The van der Waals surface area contributed by atoms with Gasteiger partial charge in [-0.15, -0.1) is 0 Å². The molecule has 6 nitrogen and oxygen atoms in total. The van der Waals surface area contributed by atoms with Gasteiger partial charge in [0.05, 0.1) is 10.7 Å². The zero-order valence-electron chi connectivity index (χ0n) is 11.8. The molecule has 0 fully saturated rings. The largest absolute Gasteiger partial charge is 0.423 e. The van der Waals surface area contributed by atoms with Crippen molar-refractivity contribution in [1.29, 1.82) is 0 Å². The van der Waals surface area contributed by atoms with Crippen LogP contribution in [-0.2, 0) is 16.0 Å². The van der Waals surface area contributed by atoms with Crippen molar-refractivity contribution >= 4 is 21.2 Å². The van der Waals surface area contributed by atoms with Crippen molar-refractivity contribution in [3.8, 4) is 0 Å². The van der Waals surface area contributed by atoms with Crippen molar-refractivity contribution in [3.63, 3.8) is 0 Å². The van der Waals surface area contributed by atoms with Crippen LogP contribution in [-0.4, -0.2) is 31.4 Å². The summed E-state index contributed by atoms with van der Waals surface area (Å²) in [5, 5.41) is 13.3. The second kappa shape index (κ2) is 6.51. The fourth-order valence-corrected chi connectivity index (χ4v) is 2.54. The Kier molecular flexibility index (Phi) is 5.39. The lowest BCUT2D eigenvalue weighted by atomic mass is 10.1. The lowest BCUT2D eigenvalue weighted by molar-refractivity contribution is -0.388. The van der Waals surface area contributed by atoms with E-state index in [2.05, 4.69) is 5.32 Å². The molecule has 124 valence electrons. The van der Waals surface area contributed by atoms with E-state index in [1.807, 2.05) is 0 Å². The minimum Gasteiger partial charge on any atom is -0.383 e. The Bertz CT molecular complexity index is 659. The number of nitro benzene ring substituents is 1. The average Bonchev–Trinajstić information content (AvgIpc) is 2.34. The lowest BCUT2D eigenvalue weighted by Gasteiger charge is -2.16. The number of benzene rings is 1. The maximum Gasteiger partial charge on any atom is 0.423 e. The van der Waals surface area contributed by atoms with E-state index < -0.39 is 38.2 Å². The summed E-state index contributed by atoms with van der Waals surface area (Å²) in [6, 6.07) is 2.17. The zero-order chi connectivity index (χ0) is 17.1. The van der Waals surface area contributed by atoms with E-state index in [0.29, 0.717) is 6.07 Å². The molecule has 1 N–H and O–H groups in total. The standard InChI is InChI=1S/C12H15F3N2O4S/c1-8(5-6-22(2,20)21)16-9-3-4-11(17(18)19)10(7-9)12(13,14)15/h3-4,7-8,16H,5-6H2,1-2H3. The van der Waals surface area contributed by atoms with Gasteiger partial charge in [0.15, 0.2) is 0 Å². The summed E-state index contributed by atoms with van der Waals surface area (Å²) in [6.45, 7) is 1.61. The highest BCUT2D eigenvalue weighted by Crippen LogP contribution is 2.37. The van der Waals surface area contributed by atoms with E-state index in [0.717, 1.165) is 18.4 Å². The molecule has 1 aromatic carbocycles. The lowest BCUT2D eigenvalue weighted by Crippen LogP contribution is -2.20. The van der Waals surface area contributed by atoms with Crippen molar-refractivity contribution in [2.45, 2.75) is 25.6 Å². The number of hydrogen-bond donors (Lipinski definition) is 1. The van der Waals surface area contributed by atoms with E-state index in [9.17, 15) is 31.7 Å². The second-order valence-electron chi connectivity index (χ2n) is 4.95. The van der Waals surface area contributed by atoms with E-state index >= 15 is 0 Å². The maximum absolute atomic E-state index is 12.8. The number of hydrogen-bond acceptors (Lipinski definition) is 5. The Morgan fingerprint density at radius 2 is 1.95 bits per heavy atom. The van der Waals surface area contributed by atoms with Crippen LogP contribution in [0.1, 0.15) is 18.9 Å². The topological polar surface area (TPSA) is 89.3 Å². The minimum atomic E-state index is -4.85. The number of anilines is 1. The van der Waals surface area contributed by atoms with Gasteiger partial charge in [-0.1, -0.05) is 0 Å². The summed E-state index contributed by atoms with van der Waals surface area (Å²) in [4.78, 5) is 9.54. The van der Waals surface area contributed by atoms with Crippen LogP contribution in [0, 0.1) is 10.1 Å². The van der Waals surface area contributed by atoms with Crippen molar-refractivity contribution < 1.29 is 26.5 Å². The number of nitrogens with one attached hydrogen (secondary N) is 1. The molecule has 1 aromatic rings. The van der Waals surface area contributed by atoms with E-state index in [1.54, 1.807) is 6.92 Å². The summed E-state index contributed by atoms with van der Waals surface area (Å²) in [5.74, 6) is -0.111. The third kappa shape index (κ3) is 5.51. The predicted molar refractivity (Wildman–Crippen MR) is 75.5 cm³/mol. The van der Waals surface area contributed by atoms with Crippen LogP contribution in [0.15, 0.2) is 18.2 Å². The highest BCUT2D eigenvalue weighted by molar-refractivity contribution is 7.90. The number of sulfone groups is 1. The van der Waals surface area contributed by atoms with Gasteiger partial charge in [0.2, 0.25) is 0 Å². The molecule has 1 unspecified atom stereocenters. The molecule has 0 aliphatic carbocycles. The normalized spacial score (nSPS) is 13.7.